The number of nitrogens with two attached hydrogens (primary N) is 1. The largest absolute Gasteiger partial charge is 0.409 e. The number of hydrogen-bond acceptors (Lipinski definition) is 4. The van der Waals surface area contributed by atoms with Gasteiger partial charge < -0.3 is 20.9 Å². The van der Waals surface area contributed by atoms with Gasteiger partial charge >= 0.3 is 0 Å². The van der Waals surface area contributed by atoms with Gasteiger partial charge in [0.1, 0.15) is 0 Å². The first-order valence-electron chi connectivity index (χ1n) is 7.10. The van der Waals surface area contributed by atoms with Gasteiger partial charge in [0, 0.05) is 30.9 Å². The molecule has 1 heterocycles. The van der Waals surface area contributed by atoms with E-state index in [1.54, 1.807) is 0 Å². The number of aliphatic hydroxyl groups is 1. The highest BCUT2D eigenvalue weighted by molar-refractivity contribution is 5.98. The predicted octanol–water partition coefficient (Wildman–Crippen LogP) is 1.69. The summed E-state index contributed by atoms with van der Waals surface area (Å²) in [5.41, 5.74) is 8.58. The molecular formula is C15H23N3O2. The van der Waals surface area contributed by atoms with Gasteiger partial charge in [0.05, 0.1) is 0 Å². The SMILES string of the molecule is Cc1cc(N2CCCC(CCO)C2)ccc1/C(N)=N/O. The highest BCUT2D eigenvalue weighted by Gasteiger charge is 2.20. The molecule has 1 saturated heterocycles. The first-order chi connectivity index (χ1) is 9.65. The maximum Gasteiger partial charge on any atom is 0.170 e. The van der Waals surface area contributed by atoms with Crippen molar-refractivity contribution in [3.05, 3.63) is 29.3 Å². The molecule has 0 amide bonds. The highest BCUT2D eigenvalue weighted by atomic mass is 16.4. The molecule has 0 saturated carbocycles. The molecule has 1 unspecified atom stereocenters. The number of hydrogen-bond donors (Lipinski definition) is 3. The minimum absolute atomic E-state index is 0.144. The van der Waals surface area contributed by atoms with E-state index in [0.717, 1.165) is 37.1 Å². The Morgan fingerprint density at radius 1 is 1.50 bits per heavy atom. The molecule has 110 valence electrons. The van der Waals surface area contributed by atoms with Crippen LogP contribution in [0.25, 0.3) is 0 Å². The van der Waals surface area contributed by atoms with E-state index < -0.39 is 0 Å². The van der Waals surface area contributed by atoms with Crippen LogP contribution in [0.5, 0.6) is 0 Å². The molecule has 0 aliphatic carbocycles. The van der Waals surface area contributed by atoms with Crippen LogP contribution < -0.4 is 10.6 Å². The summed E-state index contributed by atoms with van der Waals surface area (Å²) in [5, 5.41) is 20.9. The highest BCUT2D eigenvalue weighted by Crippen LogP contribution is 2.26. The maximum atomic E-state index is 9.07. The van der Waals surface area contributed by atoms with Crippen LogP contribution >= 0.6 is 0 Å². The summed E-state index contributed by atoms with van der Waals surface area (Å²) in [6.07, 6.45) is 3.22. The number of aliphatic hydroxyl groups excluding tert-OH is 1. The van der Waals surface area contributed by atoms with E-state index in [4.69, 9.17) is 16.0 Å². The second-order valence-electron chi connectivity index (χ2n) is 5.45. The van der Waals surface area contributed by atoms with Crippen molar-refractivity contribution >= 4 is 11.5 Å². The molecule has 1 atom stereocenters. The van der Waals surface area contributed by atoms with Crippen molar-refractivity contribution in [3.8, 4) is 0 Å². The molecule has 1 aromatic carbocycles. The lowest BCUT2D eigenvalue weighted by Gasteiger charge is -2.34. The summed E-state index contributed by atoms with van der Waals surface area (Å²) < 4.78 is 0. The third kappa shape index (κ3) is 3.22. The first kappa shape index (κ1) is 14.7. The average molecular weight is 277 g/mol. The number of benzene rings is 1. The third-order valence-corrected chi connectivity index (χ3v) is 4.02. The van der Waals surface area contributed by atoms with Crippen molar-refractivity contribution in [1.29, 1.82) is 0 Å². The zero-order valence-electron chi connectivity index (χ0n) is 11.9. The summed E-state index contributed by atoms with van der Waals surface area (Å²) >= 11 is 0. The molecule has 1 aliphatic rings. The molecular weight excluding hydrogens is 254 g/mol. The second-order valence-corrected chi connectivity index (χ2v) is 5.45. The van der Waals surface area contributed by atoms with E-state index in [1.165, 1.54) is 12.1 Å². The van der Waals surface area contributed by atoms with Crippen LogP contribution in [0.3, 0.4) is 0 Å². The summed E-state index contributed by atoms with van der Waals surface area (Å²) in [6.45, 7) is 4.26. The fourth-order valence-corrected chi connectivity index (χ4v) is 2.90. The van der Waals surface area contributed by atoms with Gasteiger partial charge in [-0.15, -0.1) is 0 Å². The molecule has 1 aromatic rings. The Morgan fingerprint density at radius 3 is 2.95 bits per heavy atom. The van der Waals surface area contributed by atoms with E-state index in [2.05, 4.69) is 16.1 Å². The lowest BCUT2D eigenvalue weighted by molar-refractivity contribution is 0.244. The molecule has 1 fully saturated rings. The summed E-state index contributed by atoms with van der Waals surface area (Å²) in [7, 11) is 0. The number of nitrogens with zero attached hydrogens (tertiary/aromatic N) is 2. The van der Waals surface area contributed by atoms with Gasteiger partial charge in [0.15, 0.2) is 5.84 Å². The fraction of sp³-hybridized carbons (Fsp3) is 0.533. The molecule has 0 spiro atoms. The molecule has 2 rings (SSSR count). The molecule has 5 heteroatoms. The Morgan fingerprint density at radius 2 is 2.30 bits per heavy atom. The zero-order valence-corrected chi connectivity index (χ0v) is 11.9. The summed E-state index contributed by atoms with van der Waals surface area (Å²) in [6, 6.07) is 5.99. The Balaban J connectivity index is 2.15. The van der Waals surface area contributed by atoms with Gasteiger partial charge in [0.2, 0.25) is 0 Å². The van der Waals surface area contributed by atoms with E-state index in [-0.39, 0.29) is 12.4 Å². The lowest BCUT2D eigenvalue weighted by atomic mass is 9.94. The van der Waals surface area contributed by atoms with Gasteiger partial charge in [-0.3, -0.25) is 0 Å². The van der Waals surface area contributed by atoms with E-state index in [1.807, 2.05) is 19.1 Å². The Hall–Kier alpha value is -1.75. The van der Waals surface area contributed by atoms with Crippen molar-refractivity contribution in [3.63, 3.8) is 0 Å². The van der Waals surface area contributed by atoms with Crippen molar-refractivity contribution in [2.45, 2.75) is 26.2 Å². The number of aryl methyl sites for hydroxylation is 1. The van der Waals surface area contributed by atoms with Gasteiger partial charge in [-0.25, -0.2) is 0 Å². The molecule has 0 bridgehead atoms. The van der Waals surface area contributed by atoms with Crippen LogP contribution in [-0.4, -0.2) is 35.8 Å². The first-order valence-corrected chi connectivity index (χ1v) is 7.10. The van der Waals surface area contributed by atoms with Crippen LogP contribution in [0.2, 0.25) is 0 Å². The van der Waals surface area contributed by atoms with Crippen LogP contribution in [0.1, 0.15) is 30.4 Å². The van der Waals surface area contributed by atoms with Gasteiger partial charge in [-0.1, -0.05) is 5.16 Å². The van der Waals surface area contributed by atoms with Crippen LogP contribution in [-0.2, 0) is 0 Å². The van der Waals surface area contributed by atoms with E-state index in [9.17, 15) is 0 Å². The number of piperidine rings is 1. The van der Waals surface area contributed by atoms with Crippen LogP contribution in [0.15, 0.2) is 23.4 Å². The molecule has 0 aromatic heterocycles. The Bertz CT molecular complexity index is 486. The van der Waals surface area contributed by atoms with Crippen LogP contribution in [0, 0.1) is 12.8 Å². The zero-order chi connectivity index (χ0) is 14.5. The van der Waals surface area contributed by atoms with Crippen molar-refractivity contribution in [2.24, 2.45) is 16.8 Å². The van der Waals surface area contributed by atoms with Crippen molar-refractivity contribution in [1.82, 2.24) is 0 Å². The number of rotatable bonds is 4. The fourth-order valence-electron chi connectivity index (χ4n) is 2.90. The van der Waals surface area contributed by atoms with Gasteiger partial charge in [0.25, 0.3) is 0 Å². The van der Waals surface area contributed by atoms with E-state index in [0.29, 0.717) is 5.92 Å². The number of anilines is 1. The number of amidine groups is 1. The quantitative estimate of drug-likeness (QED) is 0.338. The smallest absolute Gasteiger partial charge is 0.170 e. The van der Waals surface area contributed by atoms with Gasteiger partial charge in [-0.2, -0.15) is 0 Å². The molecule has 5 nitrogen and oxygen atoms in total. The maximum absolute atomic E-state index is 9.07. The average Bonchev–Trinajstić information content (AvgIpc) is 2.47. The molecule has 0 radical (unpaired) electrons. The van der Waals surface area contributed by atoms with Gasteiger partial charge in [-0.05, 0) is 55.9 Å². The van der Waals surface area contributed by atoms with Crippen molar-refractivity contribution < 1.29 is 10.3 Å². The van der Waals surface area contributed by atoms with Crippen molar-refractivity contribution in [2.75, 3.05) is 24.6 Å². The Kier molecular flexibility index (Phi) is 4.84. The monoisotopic (exact) mass is 277 g/mol. The second kappa shape index (κ2) is 6.61. The molecule has 20 heavy (non-hydrogen) atoms. The standard InChI is InChI=1S/C15H23N3O2/c1-11-9-13(4-5-14(11)15(16)17-20)18-7-2-3-12(10-18)6-8-19/h4-5,9,12,19-20H,2-3,6-8,10H2,1H3,(H2,16,17). The minimum Gasteiger partial charge on any atom is -0.409 e. The lowest BCUT2D eigenvalue weighted by Crippen LogP contribution is -2.35. The number of oxime groups is 1. The third-order valence-electron chi connectivity index (χ3n) is 4.02. The topological polar surface area (TPSA) is 82.1 Å². The normalized spacial score (nSPS) is 20.2. The summed E-state index contributed by atoms with van der Waals surface area (Å²) in [5.74, 6) is 0.712. The molecule has 1 aliphatic heterocycles. The Labute approximate surface area is 119 Å². The summed E-state index contributed by atoms with van der Waals surface area (Å²) in [4.78, 5) is 2.35. The molecule has 4 N–H and O–H groups in total. The predicted molar refractivity (Wildman–Crippen MR) is 80.3 cm³/mol. The van der Waals surface area contributed by atoms with E-state index >= 15 is 0 Å². The minimum atomic E-state index is 0.144. The van der Waals surface area contributed by atoms with Crippen LogP contribution in [0.4, 0.5) is 5.69 Å².